The van der Waals surface area contributed by atoms with Gasteiger partial charge in [0.2, 0.25) is 0 Å². The number of amides is 4. The molecule has 2 aliphatic heterocycles. The van der Waals surface area contributed by atoms with Crippen LogP contribution < -0.4 is 10.1 Å². The zero-order valence-corrected chi connectivity index (χ0v) is 19.8. The van der Waals surface area contributed by atoms with Crippen molar-refractivity contribution in [2.75, 3.05) is 7.11 Å². The molecule has 1 saturated heterocycles. The summed E-state index contributed by atoms with van der Waals surface area (Å²) in [6.45, 7) is 3.76. The van der Waals surface area contributed by atoms with Crippen molar-refractivity contribution >= 4 is 47.0 Å². The van der Waals surface area contributed by atoms with E-state index in [1.165, 1.54) is 18.1 Å². The highest BCUT2D eigenvalue weighted by molar-refractivity contribution is 7.80. The van der Waals surface area contributed by atoms with Crippen LogP contribution in [0.15, 0.2) is 48.0 Å². The van der Waals surface area contributed by atoms with E-state index in [4.69, 9.17) is 17.0 Å². The highest BCUT2D eigenvalue weighted by Crippen LogP contribution is 2.29. The molecule has 0 aromatic heterocycles. The quantitative estimate of drug-likeness (QED) is 0.298. The Morgan fingerprint density at radius 1 is 1.03 bits per heavy atom. The second-order valence-corrected chi connectivity index (χ2v) is 8.45. The summed E-state index contributed by atoms with van der Waals surface area (Å²) in [5.74, 6) is -1.34. The summed E-state index contributed by atoms with van der Waals surface area (Å²) in [4.78, 5) is 53.7. The highest BCUT2D eigenvalue weighted by Gasteiger charge is 2.37. The molecular formula is C25H23N3O5S. The van der Waals surface area contributed by atoms with Gasteiger partial charge in [-0.1, -0.05) is 25.1 Å². The number of nitrogens with zero attached hydrogens (tertiary/aromatic N) is 2. The molecule has 0 unspecified atom stereocenters. The molecule has 0 aliphatic carbocycles. The van der Waals surface area contributed by atoms with Crippen molar-refractivity contribution in [2.45, 2.75) is 32.9 Å². The Labute approximate surface area is 202 Å². The normalized spacial score (nSPS) is 17.9. The molecule has 2 aromatic rings. The van der Waals surface area contributed by atoms with Gasteiger partial charge in [0.25, 0.3) is 23.6 Å². The summed E-state index contributed by atoms with van der Waals surface area (Å²) in [6, 6.07) is 11.5. The number of imide groups is 1. The molecule has 0 spiro atoms. The van der Waals surface area contributed by atoms with E-state index in [0.29, 0.717) is 34.4 Å². The number of benzene rings is 2. The SMILES string of the molecule is CC[C@H](C)N1C(=O)/C(=C\c2ccc(OC)c(CN3C(=O)c4ccccc4C3=O)c2)C(=O)NC1=S. The molecule has 1 atom stereocenters. The lowest BCUT2D eigenvalue weighted by atomic mass is 10.0. The number of hydrogen-bond acceptors (Lipinski definition) is 6. The van der Waals surface area contributed by atoms with Gasteiger partial charge < -0.3 is 4.74 Å². The van der Waals surface area contributed by atoms with Crippen LogP contribution in [0, 0.1) is 0 Å². The van der Waals surface area contributed by atoms with E-state index in [-0.39, 0.29) is 35.1 Å². The molecule has 0 saturated carbocycles. The summed E-state index contributed by atoms with van der Waals surface area (Å²) in [7, 11) is 1.49. The standard InChI is InChI=1S/C25H23N3O5S/c1-4-14(2)28-24(32)19(21(29)26-25(28)34)12-15-9-10-20(33-3)16(11-15)13-27-22(30)17-7-5-6-8-18(17)23(27)31/h5-12,14H,4,13H2,1-3H3,(H,26,29,34)/b19-12-/t14-/m0/s1. The van der Waals surface area contributed by atoms with E-state index in [0.717, 1.165) is 4.90 Å². The molecule has 4 amide bonds. The van der Waals surface area contributed by atoms with Crippen molar-refractivity contribution in [3.05, 3.63) is 70.3 Å². The van der Waals surface area contributed by atoms with Crippen LogP contribution in [0.4, 0.5) is 0 Å². The van der Waals surface area contributed by atoms with E-state index in [1.54, 1.807) is 42.5 Å². The number of thiocarbonyl (C=S) groups is 1. The number of hydrogen-bond donors (Lipinski definition) is 1. The fourth-order valence-electron chi connectivity index (χ4n) is 3.99. The molecule has 2 aliphatic rings. The molecule has 2 aromatic carbocycles. The Morgan fingerprint density at radius 3 is 2.26 bits per heavy atom. The summed E-state index contributed by atoms with van der Waals surface area (Å²) in [6.07, 6.45) is 2.14. The maximum Gasteiger partial charge on any atom is 0.265 e. The molecular weight excluding hydrogens is 454 g/mol. The molecule has 2 heterocycles. The minimum absolute atomic E-state index is 0.0181. The van der Waals surface area contributed by atoms with Gasteiger partial charge in [0.15, 0.2) is 5.11 Å². The molecule has 1 N–H and O–H groups in total. The molecule has 0 bridgehead atoms. The predicted octanol–water partition coefficient (Wildman–Crippen LogP) is 2.92. The van der Waals surface area contributed by atoms with E-state index < -0.39 is 11.8 Å². The highest BCUT2D eigenvalue weighted by atomic mass is 32.1. The van der Waals surface area contributed by atoms with Gasteiger partial charge in [-0.2, -0.15) is 0 Å². The second-order valence-electron chi connectivity index (χ2n) is 8.06. The van der Waals surface area contributed by atoms with Crippen molar-refractivity contribution in [2.24, 2.45) is 0 Å². The first kappa shape index (κ1) is 23.3. The minimum Gasteiger partial charge on any atom is -0.496 e. The molecule has 0 radical (unpaired) electrons. The number of carbonyl (C=O) groups excluding carboxylic acids is 4. The number of methoxy groups -OCH3 is 1. The van der Waals surface area contributed by atoms with Gasteiger partial charge >= 0.3 is 0 Å². The van der Waals surface area contributed by atoms with Gasteiger partial charge in [0.1, 0.15) is 11.3 Å². The Bertz CT molecular complexity index is 1230. The minimum atomic E-state index is -0.577. The van der Waals surface area contributed by atoms with E-state index >= 15 is 0 Å². The zero-order chi connectivity index (χ0) is 24.6. The van der Waals surface area contributed by atoms with Crippen molar-refractivity contribution in [3.8, 4) is 5.75 Å². The van der Waals surface area contributed by atoms with Crippen molar-refractivity contribution in [1.82, 2.24) is 15.1 Å². The number of fused-ring (bicyclic) bond motifs is 1. The van der Waals surface area contributed by atoms with Gasteiger partial charge in [-0.3, -0.25) is 34.3 Å². The first-order valence-corrected chi connectivity index (χ1v) is 11.2. The fraction of sp³-hybridized carbons (Fsp3) is 0.240. The third kappa shape index (κ3) is 3.99. The summed E-state index contributed by atoms with van der Waals surface area (Å²) >= 11 is 5.19. The van der Waals surface area contributed by atoms with Crippen molar-refractivity contribution in [3.63, 3.8) is 0 Å². The molecule has 8 nitrogen and oxygen atoms in total. The van der Waals surface area contributed by atoms with Gasteiger partial charge in [0.05, 0.1) is 24.8 Å². The second kappa shape index (κ2) is 9.18. The average molecular weight is 478 g/mol. The first-order valence-electron chi connectivity index (χ1n) is 10.8. The van der Waals surface area contributed by atoms with Crippen LogP contribution in [0.1, 0.15) is 52.1 Å². The van der Waals surface area contributed by atoms with E-state index in [2.05, 4.69) is 5.32 Å². The Hall–Kier alpha value is -3.85. The predicted molar refractivity (Wildman–Crippen MR) is 129 cm³/mol. The topological polar surface area (TPSA) is 96.0 Å². The molecule has 174 valence electrons. The molecule has 1 fully saturated rings. The fourth-order valence-corrected chi connectivity index (χ4v) is 4.34. The lowest BCUT2D eigenvalue weighted by Crippen LogP contribution is -2.56. The van der Waals surface area contributed by atoms with Crippen LogP contribution in [-0.2, 0) is 16.1 Å². The summed E-state index contributed by atoms with van der Waals surface area (Å²) in [5.41, 5.74) is 1.77. The third-order valence-electron chi connectivity index (χ3n) is 5.99. The molecule has 4 rings (SSSR count). The maximum atomic E-state index is 13.0. The number of rotatable bonds is 6. The summed E-state index contributed by atoms with van der Waals surface area (Å²) < 4.78 is 5.43. The van der Waals surface area contributed by atoms with Crippen molar-refractivity contribution in [1.29, 1.82) is 0 Å². The number of nitrogens with one attached hydrogen (secondary N) is 1. The van der Waals surface area contributed by atoms with Crippen LogP contribution in [0.5, 0.6) is 5.75 Å². The smallest absolute Gasteiger partial charge is 0.265 e. The van der Waals surface area contributed by atoms with Gasteiger partial charge in [-0.15, -0.1) is 0 Å². The number of carbonyl (C=O) groups is 4. The van der Waals surface area contributed by atoms with Crippen LogP contribution >= 0.6 is 12.2 Å². The maximum absolute atomic E-state index is 13.0. The van der Waals surface area contributed by atoms with E-state index in [9.17, 15) is 19.2 Å². The largest absolute Gasteiger partial charge is 0.496 e. The molecule has 9 heteroatoms. The molecule has 34 heavy (non-hydrogen) atoms. The van der Waals surface area contributed by atoms with E-state index in [1.807, 2.05) is 13.8 Å². The monoisotopic (exact) mass is 477 g/mol. The van der Waals surface area contributed by atoms with Crippen LogP contribution in [0.3, 0.4) is 0 Å². The lowest BCUT2D eigenvalue weighted by Gasteiger charge is -2.33. The Morgan fingerprint density at radius 2 is 1.68 bits per heavy atom. The zero-order valence-electron chi connectivity index (χ0n) is 19.0. The Kier molecular flexibility index (Phi) is 6.30. The van der Waals surface area contributed by atoms with Crippen molar-refractivity contribution < 1.29 is 23.9 Å². The first-order chi connectivity index (χ1) is 16.3. The number of ether oxygens (including phenoxy) is 1. The van der Waals surface area contributed by atoms with Gasteiger partial charge in [-0.05, 0) is 61.5 Å². The van der Waals surface area contributed by atoms with Gasteiger partial charge in [0, 0.05) is 11.6 Å². The van der Waals surface area contributed by atoms with Crippen LogP contribution in [0.2, 0.25) is 0 Å². The van der Waals surface area contributed by atoms with Crippen LogP contribution in [0.25, 0.3) is 6.08 Å². The third-order valence-corrected chi connectivity index (χ3v) is 6.29. The van der Waals surface area contributed by atoms with Gasteiger partial charge in [-0.25, -0.2) is 0 Å². The summed E-state index contributed by atoms with van der Waals surface area (Å²) in [5, 5.41) is 2.66. The average Bonchev–Trinajstić information content (AvgIpc) is 3.06. The van der Waals surface area contributed by atoms with Crippen LogP contribution in [-0.4, -0.2) is 51.7 Å². The Balaban J connectivity index is 1.67. The lowest BCUT2D eigenvalue weighted by molar-refractivity contribution is -0.130.